The molecule has 14 nitrogen and oxygen atoms in total. The number of benzene rings is 3. The highest BCUT2D eigenvalue weighted by Gasteiger charge is 2.45. The highest BCUT2D eigenvalue weighted by molar-refractivity contribution is 7.44. The van der Waals surface area contributed by atoms with Gasteiger partial charge in [-0.1, -0.05) is 49.2 Å². The number of halogens is 3. The molecular formula is C52H73F3N5O9P. The predicted molar refractivity (Wildman–Crippen MR) is 263 cm³/mol. The number of piperidine rings is 1. The van der Waals surface area contributed by atoms with Crippen molar-refractivity contribution in [3.05, 3.63) is 89.5 Å². The summed E-state index contributed by atoms with van der Waals surface area (Å²) in [7, 11) is 3.32. The molecule has 0 saturated carbocycles. The summed E-state index contributed by atoms with van der Waals surface area (Å²) in [6, 6.07) is 26.0. The minimum absolute atomic E-state index is 0.0582. The molecule has 1 fully saturated rings. The first-order valence-corrected chi connectivity index (χ1v) is 25.3. The van der Waals surface area contributed by atoms with Gasteiger partial charge in [0.05, 0.1) is 53.6 Å². The fourth-order valence-electron chi connectivity index (χ4n) is 8.50. The Kier molecular flexibility index (Phi) is 23.7. The number of carbonyl (C=O) groups excluding carboxylic acids is 3. The van der Waals surface area contributed by atoms with Crippen LogP contribution in [0.2, 0.25) is 0 Å². The van der Waals surface area contributed by atoms with Gasteiger partial charge < -0.3 is 43.5 Å². The zero-order valence-electron chi connectivity index (χ0n) is 41.9. The minimum Gasteiger partial charge on any atom is -0.497 e. The van der Waals surface area contributed by atoms with Crippen molar-refractivity contribution in [3.63, 3.8) is 0 Å². The zero-order valence-corrected chi connectivity index (χ0v) is 42.8. The second-order valence-corrected chi connectivity index (χ2v) is 19.5. The van der Waals surface area contributed by atoms with Gasteiger partial charge in [-0.2, -0.15) is 18.4 Å². The van der Waals surface area contributed by atoms with E-state index in [4.69, 9.17) is 28.0 Å². The van der Waals surface area contributed by atoms with Crippen LogP contribution < -0.4 is 24.8 Å². The number of hydrogen-bond donors (Lipinski definition) is 2. The van der Waals surface area contributed by atoms with Gasteiger partial charge in [0.15, 0.2) is 0 Å². The Morgan fingerprint density at radius 1 is 0.700 bits per heavy atom. The molecule has 2 N–H and O–H groups in total. The summed E-state index contributed by atoms with van der Waals surface area (Å²) in [5.41, 5.74) is 0.895. The van der Waals surface area contributed by atoms with Gasteiger partial charge in [-0.15, -0.1) is 0 Å². The quantitative estimate of drug-likeness (QED) is 0.0372. The molecule has 0 aromatic heterocycles. The molecule has 3 aromatic rings. The summed E-state index contributed by atoms with van der Waals surface area (Å²) in [6.45, 7) is 10.5. The number of nitrogens with zero attached hydrogens (tertiary/aromatic N) is 3. The Morgan fingerprint density at radius 3 is 1.61 bits per heavy atom. The molecule has 386 valence electrons. The van der Waals surface area contributed by atoms with E-state index >= 15 is 0 Å². The van der Waals surface area contributed by atoms with Crippen LogP contribution in [0, 0.1) is 16.7 Å². The van der Waals surface area contributed by atoms with E-state index in [0.717, 1.165) is 23.1 Å². The SMILES string of the molecule is COc1ccc(C(OCC2(COP(OCCC#N)N(C(C)C)C(C)C)CCN(C(=O)CCCCCNC(=O)CCCCCNC(=O)C(F)(F)F)CC2)(c2ccc(OC)cc2)c2ccc(OC)cc2)cc1. The van der Waals surface area contributed by atoms with Gasteiger partial charge in [0.1, 0.15) is 22.8 Å². The van der Waals surface area contributed by atoms with Crippen LogP contribution in [0.4, 0.5) is 13.2 Å². The smallest absolute Gasteiger partial charge is 0.471 e. The summed E-state index contributed by atoms with van der Waals surface area (Å²) >= 11 is 0. The molecule has 3 amide bonds. The first-order chi connectivity index (χ1) is 33.5. The second kappa shape index (κ2) is 28.8. The molecular weight excluding hydrogens is 927 g/mol. The average molecular weight is 1000 g/mol. The Balaban J connectivity index is 1.51. The van der Waals surface area contributed by atoms with Crippen LogP contribution in [0.5, 0.6) is 17.2 Å². The van der Waals surface area contributed by atoms with Crippen molar-refractivity contribution in [2.45, 2.75) is 122 Å². The molecule has 1 unspecified atom stereocenters. The molecule has 0 bridgehead atoms. The molecule has 3 aromatic carbocycles. The van der Waals surface area contributed by atoms with Gasteiger partial charge in [0.2, 0.25) is 11.8 Å². The fourth-order valence-corrected chi connectivity index (χ4v) is 10.2. The summed E-state index contributed by atoms with van der Waals surface area (Å²) in [6.07, 6.45) is 0.554. The Morgan fingerprint density at radius 2 is 1.17 bits per heavy atom. The standard InChI is InChI=1S/C52H73F3N5O9P/c1-39(2)60(40(3)4)70(68-36-14-31-56)69-38-50(29-34-59(35-30-50)48(62)16-11-9-12-32-57-47(61)15-10-8-13-33-58-49(63)52(53,54)55)37-67-51(41-17-23-44(64-5)24-18-41,42-19-25-45(65-6)26-20-42)43-21-27-46(66-7)28-22-43/h17-28,39-40H,8-16,29-30,32-38H2,1-7H3,(H,57,61)(H,58,63). The Hall–Kier alpha value is -4.98. The lowest BCUT2D eigenvalue weighted by Gasteiger charge is -2.46. The molecule has 4 rings (SSSR count). The van der Waals surface area contributed by atoms with Crippen LogP contribution >= 0.6 is 8.53 Å². The minimum atomic E-state index is -4.90. The molecule has 0 aliphatic carbocycles. The molecule has 0 radical (unpaired) electrons. The highest BCUT2D eigenvalue weighted by atomic mass is 31.2. The third-order valence-electron chi connectivity index (χ3n) is 12.4. The second-order valence-electron chi connectivity index (χ2n) is 18.1. The molecule has 1 aliphatic rings. The number of ether oxygens (including phenoxy) is 4. The number of unbranched alkanes of at least 4 members (excludes halogenated alkanes) is 4. The van der Waals surface area contributed by atoms with Crippen LogP contribution in [0.3, 0.4) is 0 Å². The average Bonchev–Trinajstić information content (AvgIpc) is 3.35. The van der Waals surface area contributed by atoms with Gasteiger partial charge in [-0.05, 0) is 119 Å². The van der Waals surface area contributed by atoms with Crippen molar-refractivity contribution in [3.8, 4) is 23.3 Å². The largest absolute Gasteiger partial charge is 0.497 e. The number of carbonyl (C=O) groups is 3. The summed E-state index contributed by atoms with van der Waals surface area (Å²) in [4.78, 5) is 38.9. The first-order valence-electron chi connectivity index (χ1n) is 24.2. The van der Waals surface area contributed by atoms with Crippen LogP contribution in [0.15, 0.2) is 72.8 Å². The van der Waals surface area contributed by atoms with Crippen molar-refractivity contribution in [2.24, 2.45) is 5.41 Å². The van der Waals surface area contributed by atoms with Crippen LogP contribution in [0.1, 0.15) is 115 Å². The van der Waals surface area contributed by atoms with Crippen LogP contribution in [-0.2, 0) is 33.8 Å². The number of rotatable bonds is 30. The van der Waals surface area contributed by atoms with Gasteiger partial charge in [-0.25, -0.2) is 4.67 Å². The highest BCUT2D eigenvalue weighted by Crippen LogP contribution is 2.50. The lowest BCUT2D eigenvalue weighted by atomic mass is 9.77. The monoisotopic (exact) mass is 1000 g/mol. The molecule has 18 heteroatoms. The van der Waals surface area contributed by atoms with Gasteiger partial charge >= 0.3 is 12.1 Å². The van der Waals surface area contributed by atoms with E-state index in [1.54, 1.807) is 21.3 Å². The van der Waals surface area contributed by atoms with Crippen LogP contribution in [-0.4, -0.2) is 113 Å². The molecule has 1 atom stereocenters. The maximum atomic E-state index is 13.7. The third kappa shape index (κ3) is 17.1. The normalized spacial score (nSPS) is 14.3. The number of nitrogens with one attached hydrogen (secondary N) is 2. The van der Waals surface area contributed by atoms with E-state index in [1.807, 2.05) is 83.0 Å². The van der Waals surface area contributed by atoms with Crippen LogP contribution in [0.25, 0.3) is 0 Å². The first kappa shape index (κ1) is 57.6. The predicted octanol–water partition coefficient (Wildman–Crippen LogP) is 9.84. The number of alkyl halides is 3. The molecule has 1 aliphatic heterocycles. The van der Waals surface area contributed by atoms with Crippen molar-refractivity contribution in [2.75, 3.05) is 67.3 Å². The molecule has 1 saturated heterocycles. The van der Waals surface area contributed by atoms with Crippen molar-refractivity contribution in [1.29, 1.82) is 5.26 Å². The van der Waals surface area contributed by atoms with E-state index in [9.17, 15) is 32.8 Å². The van der Waals surface area contributed by atoms with E-state index in [1.165, 1.54) is 0 Å². The number of amides is 3. The van der Waals surface area contributed by atoms with Gasteiger partial charge in [0.25, 0.3) is 8.53 Å². The van der Waals surface area contributed by atoms with Crippen molar-refractivity contribution in [1.82, 2.24) is 20.2 Å². The zero-order chi connectivity index (χ0) is 51.2. The van der Waals surface area contributed by atoms with Gasteiger partial charge in [-0.3, -0.25) is 14.4 Å². The van der Waals surface area contributed by atoms with Gasteiger partial charge in [0, 0.05) is 56.5 Å². The van der Waals surface area contributed by atoms with E-state index in [-0.39, 0.29) is 63.1 Å². The van der Waals surface area contributed by atoms with E-state index in [0.29, 0.717) is 88.2 Å². The molecule has 70 heavy (non-hydrogen) atoms. The maximum absolute atomic E-state index is 13.7. The third-order valence-corrected chi connectivity index (χ3v) is 14.5. The lowest BCUT2D eigenvalue weighted by Crippen LogP contribution is -2.48. The van der Waals surface area contributed by atoms with E-state index < -0.39 is 31.6 Å². The maximum Gasteiger partial charge on any atom is 0.471 e. The topological polar surface area (TPSA) is 161 Å². The molecule has 0 spiro atoms. The number of nitriles is 1. The summed E-state index contributed by atoms with van der Waals surface area (Å²) in [5.74, 6) is 0.0517. The number of likely N-dealkylation sites (tertiary alicyclic amines) is 1. The molecule has 1 heterocycles. The van der Waals surface area contributed by atoms with Crippen molar-refractivity contribution >= 4 is 26.2 Å². The Labute approximate surface area is 413 Å². The van der Waals surface area contributed by atoms with Crippen molar-refractivity contribution < 1.29 is 55.5 Å². The van der Waals surface area contributed by atoms with E-state index in [2.05, 4.69) is 43.8 Å². The Bertz CT molecular complexity index is 1960. The fraction of sp³-hybridized carbons (Fsp3) is 0.577. The summed E-state index contributed by atoms with van der Waals surface area (Å²) in [5, 5.41) is 14.1. The number of hydrogen-bond acceptors (Lipinski definition) is 11. The summed E-state index contributed by atoms with van der Waals surface area (Å²) < 4.78 is 76.7. The lowest BCUT2D eigenvalue weighted by molar-refractivity contribution is -0.173. The number of methoxy groups -OCH3 is 3.